The molecule has 0 aromatic carbocycles. The van der Waals surface area contributed by atoms with Crippen molar-refractivity contribution < 1.29 is 32.2 Å². The van der Waals surface area contributed by atoms with Gasteiger partial charge in [-0.1, -0.05) is 15.9 Å². The van der Waals surface area contributed by atoms with Crippen molar-refractivity contribution in [3.05, 3.63) is 17.3 Å². The lowest BCUT2D eigenvalue weighted by molar-refractivity contribution is -0.275. The number of halogens is 4. The number of hydrogen-bond acceptors (Lipinski definition) is 5. The first-order valence-corrected chi connectivity index (χ1v) is 5.92. The van der Waals surface area contributed by atoms with Gasteiger partial charge in [0, 0.05) is 11.4 Å². The van der Waals surface area contributed by atoms with Gasteiger partial charge in [0.05, 0.1) is 19.9 Å². The minimum atomic E-state index is -4.89. The average Bonchev–Trinajstić information content (AvgIpc) is 2.35. The summed E-state index contributed by atoms with van der Waals surface area (Å²) in [4.78, 5) is 15.2. The summed E-state index contributed by atoms with van der Waals surface area (Å²) in [7, 11) is 2.32. The number of ether oxygens (including phenoxy) is 3. The minimum absolute atomic E-state index is 0.00374. The number of carbonyl (C=O) groups excluding carboxylic acids is 1. The zero-order chi connectivity index (χ0) is 14.6. The van der Waals surface area contributed by atoms with E-state index in [-0.39, 0.29) is 22.5 Å². The molecule has 106 valence electrons. The van der Waals surface area contributed by atoms with E-state index in [0.717, 1.165) is 13.2 Å². The average molecular weight is 344 g/mol. The molecule has 0 unspecified atom stereocenters. The zero-order valence-corrected chi connectivity index (χ0v) is 11.5. The molecule has 0 atom stereocenters. The van der Waals surface area contributed by atoms with Crippen LogP contribution in [-0.2, 0) is 10.1 Å². The number of carbonyl (C=O) groups is 1. The van der Waals surface area contributed by atoms with Crippen molar-refractivity contribution in [2.75, 3.05) is 14.2 Å². The molecule has 19 heavy (non-hydrogen) atoms. The highest BCUT2D eigenvalue weighted by atomic mass is 79.9. The summed E-state index contributed by atoms with van der Waals surface area (Å²) >= 11 is 2.98. The Morgan fingerprint density at radius 1 is 1.42 bits per heavy atom. The Balaban J connectivity index is 3.33. The van der Waals surface area contributed by atoms with Gasteiger partial charge >= 0.3 is 12.3 Å². The van der Waals surface area contributed by atoms with E-state index in [1.807, 2.05) is 0 Å². The third kappa shape index (κ3) is 3.98. The molecule has 0 spiro atoms. The van der Waals surface area contributed by atoms with Gasteiger partial charge in [-0.25, -0.2) is 9.78 Å². The predicted molar refractivity (Wildman–Crippen MR) is 61.4 cm³/mol. The smallest absolute Gasteiger partial charge is 0.480 e. The Bertz CT molecular complexity index is 479. The van der Waals surface area contributed by atoms with Crippen LogP contribution in [0, 0.1) is 0 Å². The molecule has 0 saturated carbocycles. The second-order valence-corrected chi connectivity index (χ2v) is 3.72. The molecular weight excluding hydrogens is 335 g/mol. The largest absolute Gasteiger partial charge is 0.573 e. The van der Waals surface area contributed by atoms with Gasteiger partial charge in [0.2, 0.25) is 5.88 Å². The highest BCUT2D eigenvalue weighted by Crippen LogP contribution is 2.31. The van der Waals surface area contributed by atoms with Crippen LogP contribution < -0.4 is 9.47 Å². The van der Waals surface area contributed by atoms with Crippen LogP contribution in [0.3, 0.4) is 0 Å². The highest BCUT2D eigenvalue weighted by molar-refractivity contribution is 9.08. The molecule has 0 aliphatic heterocycles. The molecule has 0 radical (unpaired) electrons. The van der Waals surface area contributed by atoms with Gasteiger partial charge in [0.25, 0.3) is 0 Å². The Morgan fingerprint density at radius 3 is 2.47 bits per heavy atom. The predicted octanol–water partition coefficient (Wildman–Crippen LogP) is 2.67. The number of esters is 1. The minimum Gasteiger partial charge on any atom is -0.480 e. The lowest BCUT2D eigenvalue weighted by atomic mass is 10.2. The third-order valence-corrected chi connectivity index (χ3v) is 2.51. The van der Waals surface area contributed by atoms with Crippen LogP contribution in [0.25, 0.3) is 0 Å². The molecule has 0 aliphatic carbocycles. The van der Waals surface area contributed by atoms with Gasteiger partial charge in [-0.2, -0.15) is 0 Å². The first kappa shape index (κ1) is 15.5. The summed E-state index contributed by atoms with van der Waals surface area (Å²) < 4.78 is 49.8. The van der Waals surface area contributed by atoms with Gasteiger partial charge in [-0.15, -0.1) is 13.2 Å². The van der Waals surface area contributed by atoms with Crippen molar-refractivity contribution in [1.82, 2.24) is 4.98 Å². The second-order valence-electron chi connectivity index (χ2n) is 3.16. The molecule has 0 fully saturated rings. The summed E-state index contributed by atoms with van der Waals surface area (Å²) in [6.45, 7) is 0. The fourth-order valence-corrected chi connectivity index (χ4v) is 1.64. The standard InChI is InChI=1S/C10H9BrF3NO4/c1-17-8-5(9(16)18-2)3-7(6(4-11)15-8)19-10(12,13)14/h3H,4H2,1-2H3. The van der Waals surface area contributed by atoms with Crippen LogP contribution in [0.1, 0.15) is 16.1 Å². The van der Waals surface area contributed by atoms with Crippen molar-refractivity contribution in [3.63, 3.8) is 0 Å². The maximum absolute atomic E-state index is 12.2. The van der Waals surface area contributed by atoms with Crippen molar-refractivity contribution >= 4 is 21.9 Å². The Hall–Kier alpha value is -1.51. The molecule has 1 heterocycles. The van der Waals surface area contributed by atoms with Gasteiger partial charge in [-0.3, -0.25) is 0 Å². The topological polar surface area (TPSA) is 57.7 Å². The van der Waals surface area contributed by atoms with Crippen molar-refractivity contribution in [3.8, 4) is 11.6 Å². The van der Waals surface area contributed by atoms with Crippen molar-refractivity contribution in [1.29, 1.82) is 0 Å². The Labute approximate surface area is 114 Å². The number of aromatic nitrogens is 1. The monoisotopic (exact) mass is 343 g/mol. The molecule has 1 rings (SSSR count). The number of alkyl halides is 4. The first-order valence-electron chi connectivity index (χ1n) is 4.80. The number of hydrogen-bond donors (Lipinski definition) is 0. The summed E-state index contributed by atoms with van der Waals surface area (Å²) in [5.74, 6) is -1.61. The van der Waals surface area contributed by atoms with E-state index in [0.29, 0.717) is 0 Å². The molecule has 1 aromatic heterocycles. The van der Waals surface area contributed by atoms with E-state index >= 15 is 0 Å². The molecule has 0 saturated heterocycles. The molecule has 9 heteroatoms. The van der Waals surface area contributed by atoms with Crippen molar-refractivity contribution in [2.24, 2.45) is 0 Å². The van der Waals surface area contributed by atoms with Gasteiger partial charge in [-0.05, 0) is 0 Å². The van der Waals surface area contributed by atoms with E-state index in [4.69, 9.17) is 4.74 Å². The summed E-state index contributed by atoms with van der Waals surface area (Å²) in [5.41, 5.74) is -0.309. The van der Waals surface area contributed by atoms with E-state index < -0.39 is 18.1 Å². The molecule has 0 bridgehead atoms. The summed E-state index contributed by atoms with van der Waals surface area (Å²) in [5, 5.41) is -0.00374. The first-order chi connectivity index (χ1) is 8.82. The van der Waals surface area contributed by atoms with Gasteiger partial charge in [0.1, 0.15) is 5.56 Å². The highest BCUT2D eigenvalue weighted by Gasteiger charge is 2.33. The van der Waals surface area contributed by atoms with E-state index in [2.05, 4.69) is 30.4 Å². The van der Waals surface area contributed by atoms with Crippen LogP contribution in [0.5, 0.6) is 11.6 Å². The fourth-order valence-electron chi connectivity index (χ4n) is 1.23. The quantitative estimate of drug-likeness (QED) is 0.621. The summed E-state index contributed by atoms with van der Waals surface area (Å²) in [6, 6.07) is 0.877. The van der Waals surface area contributed by atoms with Gasteiger partial charge < -0.3 is 14.2 Å². The number of nitrogens with zero attached hydrogens (tertiary/aromatic N) is 1. The molecule has 0 aliphatic rings. The second kappa shape index (κ2) is 6.09. The molecule has 5 nitrogen and oxygen atoms in total. The van der Waals surface area contributed by atoms with E-state index in [1.165, 1.54) is 7.11 Å². The molecule has 0 amide bonds. The summed E-state index contributed by atoms with van der Waals surface area (Å²) in [6.07, 6.45) is -4.89. The maximum Gasteiger partial charge on any atom is 0.573 e. The van der Waals surface area contributed by atoms with Gasteiger partial charge in [0.15, 0.2) is 5.75 Å². The van der Waals surface area contributed by atoms with E-state index in [1.54, 1.807) is 0 Å². The number of methoxy groups -OCH3 is 2. The zero-order valence-electron chi connectivity index (χ0n) is 9.88. The third-order valence-electron chi connectivity index (χ3n) is 1.98. The lowest BCUT2D eigenvalue weighted by Gasteiger charge is -2.14. The normalized spacial score (nSPS) is 11.1. The fraction of sp³-hybridized carbons (Fsp3) is 0.400. The SMILES string of the molecule is COC(=O)c1cc(OC(F)(F)F)c(CBr)nc1OC. The molecule has 0 N–H and O–H groups in total. The molecular formula is C10H9BrF3NO4. The maximum atomic E-state index is 12.2. The van der Waals surface area contributed by atoms with E-state index in [9.17, 15) is 18.0 Å². The van der Waals surface area contributed by atoms with Crippen LogP contribution in [0.4, 0.5) is 13.2 Å². The van der Waals surface area contributed by atoms with Crippen LogP contribution in [0.2, 0.25) is 0 Å². The van der Waals surface area contributed by atoms with Crippen LogP contribution >= 0.6 is 15.9 Å². The lowest BCUT2D eigenvalue weighted by Crippen LogP contribution is -2.19. The number of rotatable bonds is 4. The Morgan fingerprint density at radius 2 is 2.05 bits per heavy atom. The Kier molecular flexibility index (Phi) is 4.98. The van der Waals surface area contributed by atoms with Crippen molar-refractivity contribution in [2.45, 2.75) is 11.7 Å². The molecule has 1 aromatic rings. The van der Waals surface area contributed by atoms with Crippen LogP contribution in [-0.4, -0.2) is 31.5 Å². The number of pyridine rings is 1. The van der Waals surface area contributed by atoms with Crippen LogP contribution in [0.15, 0.2) is 6.07 Å².